The van der Waals surface area contributed by atoms with Crippen LogP contribution in [0.15, 0.2) is 41.4 Å². The molecule has 0 spiro atoms. The maximum atomic E-state index is 12.9. The average Bonchev–Trinajstić information content (AvgIpc) is 3.14. The predicted molar refractivity (Wildman–Crippen MR) is 103 cm³/mol. The minimum absolute atomic E-state index is 0.0745. The number of alkyl halides is 3. The summed E-state index contributed by atoms with van der Waals surface area (Å²) in [6.45, 7) is 2.72. The zero-order valence-electron chi connectivity index (χ0n) is 16.0. The summed E-state index contributed by atoms with van der Waals surface area (Å²) in [6, 6.07) is 6.91. The fourth-order valence-electron chi connectivity index (χ4n) is 3.24. The smallest absolute Gasteiger partial charge is 0.417 e. The van der Waals surface area contributed by atoms with E-state index in [0.29, 0.717) is 31.7 Å². The summed E-state index contributed by atoms with van der Waals surface area (Å²) in [4.78, 5) is 5.71. The van der Waals surface area contributed by atoms with Gasteiger partial charge in [0, 0.05) is 25.3 Å². The quantitative estimate of drug-likeness (QED) is 0.764. The highest BCUT2D eigenvalue weighted by atomic mass is 32.2. The number of benzene rings is 1. The lowest BCUT2D eigenvalue weighted by Gasteiger charge is -2.19. The van der Waals surface area contributed by atoms with Crippen molar-refractivity contribution in [3.05, 3.63) is 47.7 Å². The van der Waals surface area contributed by atoms with Crippen molar-refractivity contribution in [3.8, 4) is 5.75 Å². The number of aromatic nitrogens is 1. The van der Waals surface area contributed by atoms with Gasteiger partial charge < -0.3 is 9.64 Å². The minimum atomic E-state index is -4.44. The number of nitrogens with zero attached hydrogens (tertiary/aromatic N) is 2. The molecule has 10 heteroatoms. The summed E-state index contributed by atoms with van der Waals surface area (Å²) < 4.78 is 71.7. The molecule has 1 fully saturated rings. The second-order valence-electron chi connectivity index (χ2n) is 6.79. The third-order valence-corrected chi connectivity index (χ3v) is 6.38. The van der Waals surface area contributed by atoms with Gasteiger partial charge in [0.25, 0.3) is 0 Å². The molecule has 0 saturated carbocycles. The van der Waals surface area contributed by atoms with Crippen LogP contribution in [0.1, 0.15) is 24.5 Å². The number of rotatable bonds is 6. The van der Waals surface area contributed by atoms with E-state index in [-0.39, 0.29) is 16.7 Å². The van der Waals surface area contributed by atoms with Crippen LogP contribution in [0.5, 0.6) is 5.75 Å². The molecule has 0 radical (unpaired) electrons. The molecule has 6 nitrogen and oxygen atoms in total. The number of methoxy groups -OCH3 is 1. The van der Waals surface area contributed by atoms with Crippen molar-refractivity contribution in [2.75, 3.05) is 25.1 Å². The van der Waals surface area contributed by atoms with Gasteiger partial charge in [-0.25, -0.2) is 18.1 Å². The lowest BCUT2D eigenvalue weighted by molar-refractivity contribution is -0.137. The van der Waals surface area contributed by atoms with Crippen molar-refractivity contribution in [3.63, 3.8) is 0 Å². The molecule has 3 rings (SSSR count). The van der Waals surface area contributed by atoms with Gasteiger partial charge in [0.05, 0.1) is 12.7 Å². The molecule has 1 saturated heterocycles. The number of pyridine rings is 1. The molecule has 0 amide bonds. The molecule has 2 aromatic rings. The molecule has 0 aliphatic carbocycles. The van der Waals surface area contributed by atoms with Crippen LogP contribution >= 0.6 is 0 Å². The van der Waals surface area contributed by atoms with Crippen LogP contribution in [0, 0.1) is 0 Å². The Hall–Kier alpha value is -2.33. The zero-order valence-corrected chi connectivity index (χ0v) is 16.8. The Labute approximate surface area is 167 Å². The van der Waals surface area contributed by atoms with Gasteiger partial charge in [0.1, 0.15) is 16.5 Å². The van der Waals surface area contributed by atoms with E-state index in [1.165, 1.54) is 13.2 Å². The highest BCUT2D eigenvalue weighted by Gasteiger charge is 2.32. The fourth-order valence-corrected chi connectivity index (χ4v) is 4.72. The Morgan fingerprint density at radius 1 is 1.28 bits per heavy atom. The van der Waals surface area contributed by atoms with Crippen molar-refractivity contribution >= 4 is 15.8 Å². The number of sulfonamides is 1. The lowest BCUT2D eigenvalue weighted by Crippen LogP contribution is -2.37. The van der Waals surface area contributed by atoms with E-state index in [1.807, 2.05) is 13.0 Å². The standard InChI is InChI=1S/C19H22F3N3O3S/c1-3-13-4-6-16(28-2)17(10-13)29(26,27)24-15-8-9-25(12-15)18-7-5-14(11-23-18)19(20,21)22/h4-7,10-11,15,24H,3,8-9,12H2,1-2H3. The number of nitrogens with one attached hydrogen (secondary N) is 1. The van der Waals surface area contributed by atoms with E-state index >= 15 is 0 Å². The maximum absolute atomic E-state index is 12.9. The van der Waals surface area contributed by atoms with Gasteiger partial charge in [-0.15, -0.1) is 0 Å². The summed E-state index contributed by atoms with van der Waals surface area (Å²) in [5, 5.41) is 0. The summed E-state index contributed by atoms with van der Waals surface area (Å²) in [5.41, 5.74) is 0.0498. The summed E-state index contributed by atoms with van der Waals surface area (Å²) in [7, 11) is -2.41. The van der Waals surface area contributed by atoms with E-state index in [0.717, 1.165) is 17.8 Å². The van der Waals surface area contributed by atoms with Crippen molar-refractivity contribution in [1.29, 1.82) is 0 Å². The molecular formula is C19H22F3N3O3S. The van der Waals surface area contributed by atoms with Gasteiger partial charge in [-0.1, -0.05) is 13.0 Å². The van der Waals surface area contributed by atoms with Crippen molar-refractivity contribution < 1.29 is 26.3 Å². The first kappa shape index (κ1) is 21.4. The van der Waals surface area contributed by atoms with E-state index in [1.54, 1.807) is 17.0 Å². The number of hydrogen-bond acceptors (Lipinski definition) is 5. The van der Waals surface area contributed by atoms with Crippen molar-refractivity contribution in [2.24, 2.45) is 0 Å². The van der Waals surface area contributed by atoms with Crippen LogP contribution in [-0.2, 0) is 22.6 Å². The van der Waals surface area contributed by atoms with Gasteiger partial charge in [-0.3, -0.25) is 0 Å². The first-order valence-electron chi connectivity index (χ1n) is 9.11. The van der Waals surface area contributed by atoms with Crippen LogP contribution in [-0.4, -0.2) is 39.6 Å². The van der Waals surface area contributed by atoms with Gasteiger partial charge in [0.15, 0.2) is 0 Å². The van der Waals surface area contributed by atoms with Crippen molar-refractivity contribution in [2.45, 2.75) is 36.9 Å². The predicted octanol–water partition coefficient (Wildman–Crippen LogP) is 3.23. The van der Waals surface area contributed by atoms with Gasteiger partial charge in [0.2, 0.25) is 10.0 Å². The molecule has 1 N–H and O–H groups in total. The Morgan fingerprint density at radius 3 is 2.62 bits per heavy atom. The van der Waals surface area contributed by atoms with Gasteiger partial charge >= 0.3 is 6.18 Å². The molecule has 1 aliphatic heterocycles. The Morgan fingerprint density at radius 2 is 2.03 bits per heavy atom. The van der Waals surface area contributed by atoms with Crippen LogP contribution in [0.25, 0.3) is 0 Å². The topological polar surface area (TPSA) is 71.5 Å². The monoisotopic (exact) mass is 429 g/mol. The molecule has 1 aliphatic rings. The Kier molecular flexibility index (Phi) is 6.04. The summed E-state index contributed by atoms with van der Waals surface area (Å²) >= 11 is 0. The van der Waals surface area contributed by atoms with E-state index in [9.17, 15) is 21.6 Å². The number of anilines is 1. The third kappa shape index (κ3) is 4.81. The number of aryl methyl sites for hydroxylation is 1. The van der Waals surface area contributed by atoms with Gasteiger partial charge in [-0.05, 0) is 42.7 Å². The maximum Gasteiger partial charge on any atom is 0.417 e. The van der Waals surface area contributed by atoms with Crippen LogP contribution in [0.3, 0.4) is 0 Å². The Bertz CT molecular complexity index is 963. The average molecular weight is 429 g/mol. The fraction of sp³-hybridized carbons (Fsp3) is 0.421. The van der Waals surface area contributed by atoms with E-state index < -0.39 is 21.8 Å². The SMILES string of the molecule is CCc1ccc(OC)c(S(=O)(=O)NC2CCN(c3ccc(C(F)(F)F)cn3)C2)c1. The molecule has 1 aromatic heterocycles. The normalized spacial score (nSPS) is 17.6. The summed E-state index contributed by atoms with van der Waals surface area (Å²) in [5.74, 6) is 0.638. The second-order valence-corrected chi connectivity index (χ2v) is 8.48. The van der Waals surface area contributed by atoms with Crippen molar-refractivity contribution in [1.82, 2.24) is 9.71 Å². The number of halogens is 3. The molecule has 1 aromatic carbocycles. The van der Waals surface area contributed by atoms with Gasteiger partial charge in [-0.2, -0.15) is 13.2 Å². The molecule has 1 atom stereocenters. The lowest BCUT2D eigenvalue weighted by atomic mass is 10.2. The minimum Gasteiger partial charge on any atom is -0.495 e. The van der Waals surface area contributed by atoms with Crippen LogP contribution in [0.4, 0.5) is 19.0 Å². The van der Waals surface area contributed by atoms with E-state index in [4.69, 9.17) is 4.74 Å². The molecule has 0 bridgehead atoms. The second kappa shape index (κ2) is 8.19. The molecule has 1 unspecified atom stereocenters. The largest absolute Gasteiger partial charge is 0.495 e. The molecule has 2 heterocycles. The zero-order chi connectivity index (χ0) is 21.2. The molecular weight excluding hydrogens is 407 g/mol. The number of hydrogen-bond donors (Lipinski definition) is 1. The Balaban J connectivity index is 1.72. The van der Waals surface area contributed by atoms with Crippen LogP contribution in [0.2, 0.25) is 0 Å². The summed E-state index contributed by atoms with van der Waals surface area (Å²) in [6.07, 6.45) is -2.46. The van der Waals surface area contributed by atoms with E-state index in [2.05, 4.69) is 9.71 Å². The number of ether oxygens (including phenoxy) is 1. The molecule has 29 heavy (non-hydrogen) atoms. The first-order valence-corrected chi connectivity index (χ1v) is 10.6. The first-order chi connectivity index (χ1) is 13.6. The van der Waals surface area contributed by atoms with Crippen LogP contribution < -0.4 is 14.4 Å². The highest BCUT2D eigenvalue weighted by molar-refractivity contribution is 7.89. The molecule has 158 valence electrons. The highest BCUT2D eigenvalue weighted by Crippen LogP contribution is 2.30. The third-order valence-electron chi connectivity index (χ3n) is 4.84.